The third kappa shape index (κ3) is 3.43. The zero-order valence-electron chi connectivity index (χ0n) is 10.7. The Balaban J connectivity index is 3.10. The van der Waals surface area contributed by atoms with Crippen LogP contribution in [0.25, 0.3) is 0 Å². The maximum absolute atomic E-state index is 13.8. The summed E-state index contributed by atoms with van der Waals surface area (Å²) in [5.41, 5.74) is 5.05. The number of carbonyl (C=O) groups is 1. The van der Waals surface area contributed by atoms with Gasteiger partial charge < -0.3 is 15.6 Å². The third-order valence-electron chi connectivity index (χ3n) is 2.72. The highest BCUT2D eigenvalue weighted by molar-refractivity contribution is 5.73. The number of hydrogen-bond donors (Lipinski definition) is 2. The van der Waals surface area contributed by atoms with Gasteiger partial charge in [0.05, 0.1) is 7.11 Å². The molecule has 1 atom stereocenters. The number of ether oxygens (including phenoxy) is 1. The molecule has 0 aliphatic heterocycles. The number of methoxy groups -OCH3 is 1. The number of aliphatic carboxylic acids is 1. The smallest absolute Gasteiger partial charge is 0.320 e. The van der Waals surface area contributed by atoms with E-state index in [1.165, 1.54) is 21.0 Å². The van der Waals surface area contributed by atoms with Crippen LogP contribution in [0.2, 0.25) is 0 Å². The lowest BCUT2D eigenvalue weighted by Gasteiger charge is -2.18. The van der Waals surface area contributed by atoms with Gasteiger partial charge in [-0.15, -0.1) is 0 Å². The first kappa shape index (κ1) is 14.4. The number of rotatable bonds is 5. The largest absolute Gasteiger partial charge is 0.496 e. The molecule has 18 heavy (non-hydrogen) atoms. The van der Waals surface area contributed by atoms with Gasteiger partial charge in [0, 0.05) is 6.42 Å². The summed E-state index contributed by atoms with van der Waals surface area (Å²) in [5, 5.41) is 8.80. The topological polar surface area (TPSA) is 72.5 Å². The van der Waals surface area contributed by atoms with Crippen molar-refractivity contribution >= 4 is 5.97 Å². The lowest BCUT2D eigenvalue weighted by Crippen LogP contribution is -2.32. The van der Waals surface area contributed by atoms with Crippen LogP contribution in [0.15, 0.2) is 18.2 Å². The van der Waals surface area contributed by atoms with E-state index in [2.05, 4.69) is 0 Å². The standard InChI is InChI=1S/C13H18FNO3/c1-13(2,14)9-4-5-11(18-3)8(6-9)7-10(15)12(16)17/h4-6,10H,7,15H2,1-3H3,(H,16,17). The van der Waals surface area contributed by atoms with Crippen molar-refractivity contribution in [2.45, 2.75) is 32.0 Å². The first-order valence-corrected chi connectivity index (χ1v) is 5.60. The Bertz CT molecular complexity index is 440. The van der Waals surface area contributed by atoms with Gasteiger partial charge in [0.15, 0.2) is 0 Å². The molecule has 1 unspecified atom stereocenters. The first-order chi connectivity index (χ1) is 8.25. The second kappa shape index (κ2) is 5.35. The second-order valence-electron chi connectivity index (χ2n) is 4.65. The molecule has 1 aromatic carbocycles. The number of carboxylic acid groups (broad SMARTS) is 1. The van der Waals surface area contributed by atoms with E-state index < -0.39 is 17.7 Å². The third-order valence-corrected chi connectivity index (χ3v) is 2.72. The fourth-order valence-electron chi connectivity index (χ4n) is 1.63. The predicted molar refractivity (Wildman–Crippen MR) is 66.4 cm³/mol. The van der Waals surface area contributed by atoms with Crippen molar-refractivity contribution in [2.24, 2.45) is 5.73 Å². The molecular weight excluding hydrogens is 237 g/mol. The van der Waals surface area contributed by atoms with E-state index in [4.69, 9.17) is 15.6 Å². The van der Waals surface area contributed by atoms with E-state index >= 15 is 0 Å². The highest BCUT2D eigenvalue weighted by Gasteiger charge is 2.22. The molecule has 0 saturated carbocycles. The zero-order valence-corrected chi connectivity index (χ0v) is 10.7. The van der Waals surface area contributed by atoms with Crippen LogP contribution < -0.4 is 10.5 Å². The fourth-order valence-corrected chi connectivity index (χ4v) is 1.63. The Hall–Kier alpha value is -1.62. The quantitative estimate of drug-likeness (QED) is 0.842. The minimum absolute atomic E-state index is 0.0996. The van der Waals surface area contributed by atoms with Gasteiger partial charge in [-0.25, -0.2) is 4.39 Å². The van der Waals surface area contributed by atoms with Crippen molar-refractivity contribution in [2.75, 3.05) is 7.11 Å². The van der Waals surface area contributed by atoms with Crippen molar-refractivity contribution in [1.29, 1.82) is 0 Å². The van der Waals surface area contributed by atoms with Gasteiger partial charge in [0.1, 0.15) is 17.5 Å². The van der Waals surface area contributed by atoms with Crippen molar-refractivity contribution < 1.29 is 19.0 Å². The molecule has 0 heterocycles. The zero-order chi connectivity index (χ0) is 13.9. The van der Waals surface area contributed by atoms with Crippen LogP contribution in [0.1, 0.15) is 25.0 Å². The number of carboxylic acids is 1. The molecule has 0 aliphatic carbocycles. The average molecular weight is 255 g/mol. The lowest BCUT2D eigenvalue weighted by atomic mass is 9.95. The Morgan fingerprint density at radius 1 is 1.56 bits per heavy atom. The van der Waals surface area contributed by atoms with Crippen LogP contribution in [0.4, 0.5) is 4.39 Å². The Morgan fingerprint density at radius 3 is 2.61 bits per heavy atom. The lowest BCUT2D eigenvalue weighted by molar-refractivity contribution is -0.138. The normalized spacial score (nSPS) is 13.2. The van der Waals surface area contributed by atoms with Crippen LogP contribution in [-0.2, 0) is 16.9 Å². The molecule has 0 bridgehead atoms. The van der Waals surface area contributed by atoms with Gasteiger partial charge in [-0.1, -0.05) is 6.07 Å². The van der Waals surface area contributed by atoms with E-state index in [9.17, 15) is 9.18 Å². The van der Waals surface area contributed by atoms with Crippen LogP contribution >= 0.6 is 0 Å². The summed E-state index contributed by atoms with van der Waals surface area (Å²) in [6.07, 6.45) is 0.0996. The maximum atomic E-state index is 13.8. The molecule has 3 N–H and O–H groups in total. The summed E-state index contributed by atoms with van der Waals surface area (Å²) >= 11 is 0. The monoisotopic (exact) mass is 255 g/mol. The van der Waals surface area contributed by atoms with Crippen molar-refractivity contribution in [3.05, 3.63) is 29.3 Å². The van der Waals surface area contributed by atoms with Gasteiger partial charge >= 0.3 is 5.97 Å². The van der Waals surface area contributed by atoms with E-state index in [0.717, 1.165) is 0 Å². The minimum atomic E-state index is -1.49. The van der Waals surface area contributed by atoms with E-state index in [1.54, 1.807) is 18.2 Å². The van der Waals surface area contributed by atoms with E-state index in [1.807, 2.05) is 0 Å². The van der Waals surface area contributed by atoms with Gasteiger partial charge in [-0.3, -0.25) is 4.79 Å². The van der Waals surface area contributed by atoms with Gasteiger partial charge in [0.2, 0.25) is 0 Å². The molecule has 4 nitrogen and oxygen atoms in total. The summed E-state index contributed by atoms with van der Waals surface area (Å²) in [6, 6.07) is 3.81. The van der Waals surface area contributed by atoms with Crippen molar-refractivity contribution in [1.82, 2.24) is 0 Å². The highest BCUT2D eigenvalue weighted by Crippen LogP contribution is 2.29. The van der Waals surface area contributed by atoms with Crippen LogP contribution in [0.3, 0.4) is 0 Å². The Morgan fingerprint density at radius 2 is 2.17 bits per heavy atom. The van der Waals surface area contributed by atoms with E-state index in [-0.39, 0.29) is 6.42 Å². The van der Waals surface area contributed by atoms with Crippen LogP contribution in [0, 0.1) is 0 Å². The predicted octanol–water partition coefficient (Wildman–Crippen LogP) is 1.85. The minimum Gasteiger partial charge on any atom is -0.496 e. The molecule has 1 aromatic rings. The van der Waals surface area contributed by atoms with Crippen LogP contribution in [0.5, 0.6) is 5.75 Å². The van der Waals surface area contributed by atoms with Crippen molar-refractivity contribution in [3.8, 4) is 5.75 Å². The van der Waals surface area contributed by atoms with Crippen molar-refractivity contribution in [3.63, 3.8) is 0 Å². The summed E-state index contributed by atoms with van der Waals surface area (Å²) in [7, 11) is 1.48. The highest BCUT2D eigenvalue weighted by atomic mass is 19.1. The first-order valence-electron chi connectivity index (χ1n) is 5.60. The number of nitrogens with two attached hydrogens (primary N) is 1. The summed E-state index contributed by atoms with van der Waals surface area (Å²) in [4.78, 5) is 10.7. The molecule has 0 amide bonds. The fraction of sp³-hybridized carbons (Fsp3) is 0.462. The summed E-state index contributed by atoms with van der Waals surface area (Å²) in [5.74, 6) is -0.582. The average Bonchev–Trinajstić information content (AvgIpc) is 2.27. The van der Waals surface area contributed by atoms with Gasteiger partial charge in [-0.2, -0.15) is 0 Å². The molecule has 0 spiro atoms. The molecule has 0 saturated heterocycles. The molecule has 0 radical (unpaired) electrons. The van der Waals surface area contributed by atoms with Gasteiger partial charge in [0.25, 0.3) is 0 Å². The molecule has 0 aliphatic rings. The second-order valence-corrected chi connectivity index (χ2v) is 4.65. The summed E-state index contributed by atoms with van der Waals surface area (Å²) in [6.45, 7) is 2.88. The molecule has 0 aromatic heterocycles. The molecule has 5 heteroatoms. The number of alkyl halides is 1. The molecule has 100 valence electrons. The van der Waals surface area contributed by atoms with Gasteiger partial charge in [-0.05, 0) is 37.1 Å². The number of halogens is 1. The SMILES string of the molecule is COc1ccc(C(C)(C)F)cc1CC(N)C(=O)O. The number of benzene rings is 1. The molecular formula is C13H18FNO3. The summed E-state index contributed by atoms with van der Waals surface area (Å²) < 4.78 is 19.0. The molecule has 0 fully saturated rings. The number of hydrogen-bond acceptors (Lipinski definition) is 3. The van der Waals surface area contributed by atoms with Crippen LogP contribution in [-0.4, -0.2) is 24.2 Å². The maximum Gasteiger partial charge on any atom is 0.320 e. The Labute approximate surface area is 106 Å². The Kier molecular flexibility index (Phi) is 4.29. The van der Waals surface area contributed by atoms with E-state index in [0.29, 0.717) is 16.9 Å². The molecule has 1 rings (SSSR count).